The van der Waals surface area contributed by atoms with Crippen LogP contribution in [0.5, 0.6) is 0 Å². The van der Waals surface area contributed by atoms with E-state index in [1.165, 1.54) is 186 Å². The minimum atomic E-state index is -4.96. The minimum absolute atomic E-state index is 0.104. The van der Waals surface area contributed by atoms with Crippen LogP contribution in [0.2, 0.25) is 0 Å². The standard InChI is InChI=1S/C77H150O17P2/c1-9-70(8)56-48-40-32-23-19-15-11-13-17-21-25-34-43-51-59-76(81)93-73(64-88-75(80)58-50-42-36-28-31-39-47-55-69(6)7)66-92-96(85,86)90-62-71(78)61-89-95(83,84)91-65-72(94-77(82)60-52-44-35-27-26-30-38-46-54-68(4)5)63-87-74(79)57-49-41-33-24-20-16-12-10-14-18-22-29-37-45-53-67(2)3/h67-73,78H,9-66H2,1-8H3,(H,83,84)(H,85,86)/t70?,71?,72-,73-/m1/s1. The zero-order valence-corrected chi connectivity index (χ0v) is 64.8. The van der Waals surface area contributed by atoms with E-state index in [0.29, 0.717) is 31.6 Å². The molecule has 4 unspecified atom stereocenters. The topological polar surface area (TPSA) is 237 Å². The quantitative estimate of drug-likeness (QED) is 0.0222. The molecule has 0 heterocycles. The summed E-state index contributed by atoms with van der Waals surface area (Å²) in [4.78, 5) is 72.8. The van der Waals surface area contributed by atoms with Crippen molar-refractivity contribution in [2.75, 3.05) is 39.6 Å². The van der Waals surface area contributed by atoms with Crippen molar-refractivity contribution in [3.8, 4) is 0 Å². The molecule has 0 bridgehead atoms. The van der Waals surface area contributed by atoms with Gasteiger partial charge in [-0.1, -0.05) is 338 Å². The number of rotatable bonds is 74. The molecule has 6 atom stereocenters. The van der Waals surface area contributed by atoms with E-state index >= 15 is 0 Å². The molecule has 17 nitrogen and oxygen atoms in total. The smallest absolute Gasteiger partial charge is 0.462 e. The van der Waals surface area contributed by atoms with Crippen LogP contribution >= 0.6 is 15.6 Å². The van der Waals surface area contributed by atoms with Crippen molar-refractivity contribution >= 4 is 39.5 Å². The number of phosphoric ester groups is 2. The lowest BCUT2D eigenvalue weighted by Gasteiger charge is -2.21. The summed E-state index contributed by atoms with van der Waals surface area (Å²) >= 11 is 0. The lowest BCUT2D eigenvalue weighted by Crippen LogP contribution is -2.30. The average Bonchev–Trinajstić information content (AvgIpc) is 3.67. The zero-order chi connectivity index (χ0) is 71.0. The van der Waals surface area contributed by atoms with E-state index in [4.69, 9.17) is 37.0 Å². The molecule has 0 saturated carbocycles. The van der Waals surface area contributed by atoms with Crippen molar-refractivity contribution in [3.05, 3.63) is 0 Å². The van der Waals surface area contributed by atoms with E-state index in [2.05, 4.69) is 55.4 Å². The van der Waals surface area contributed by atoms with Crippen LogP contribution in [0.3, 0.4) is 0 Å². The van der Waals surface area contributed by atoms with E-state index in [0.717, 1.165) is 114 Å². The maximum Gasteiger partial charge on any atom is 0.472 e. The molecule has 0 aliphatic carbocycles. The number of aliphatic hydroxyl groups is 1. The lowest BCUT2D eigenvalue weighted by atomic mass is 9.99. The Morgan fingerprint density at radius 1 is 0.292 bits per heavy atom. The van der Waals surface area contributed by atoms with Gasteiger partial charge in [0.2, 0.25) is 0 Å². The third-order valence-corrected chi connectivity index (χ3v) is 20.1. The Labute approximate surface area is 588 Å². The molecule has 0 aromatic carbocycles. The third kappa shape index (κ3) is 69.2. The van der Waals surface area contributed by atoms with Crippen molar-refractivity contribution in [1.29, 1.82) is 0 Å². The van der Waals surface area contributed by atoms with Crippen LogP contribution in [0.1, 0.15) is 389 Å². The summed E-state index contributed by atoms with van der Waals surface area (Å²) in [5.74, 6) is 0.947. The van der Waals surface area contributed by atoms with Gasteiger partial charge in [-0.05, 0) is 49.4 Å². The molecule has 570 valence electrons. The molecule has 0 saturated heterocycles. The second-order valence-corrected chi connectivity index (χ2v) is 32.3. The Morgan fingerprint density at radius 3 is 0.740 bits per heavy atom. The van der Waals surface area contributed by atoms with E-state index in [1.807, 2.05) is 0 Å². The van der Waals surface area contributed by atoms with E-state index < -0.39 is 97.5 Å². The molecule has 96 heavy (non-hydrogen) atoms. The fourth-order valence-electron chi connectivity index (χ4n) is 11.7. The Hall–Kier alpha value is -1.94. The van der Waals surface area contributed by atoms with Gasteiger partial charge in [-0.2, -0.15) is 0 Å². The second-order valence-electron chi connectivity index (χ2n) is 29.4. The van der Waals surface area contributed by atoms with Gasteiger partial charge >= 0.3 is 39.5 Å². The van der Waals surface area contributed by atoms with E-state index in [-0.39, 0.29) is 25.7 Å². The Morgan fingerprint density at radius 2 is 0.500 bits per heavy atom. The van der Waals surface area contributed by atoms with E-state index in [1.54, 1.807) is 0 Å². The molecule has 0 amide bonds. The van der Waals surface area contributed by atoms with Crippen LogP contribution in [-0.4, -0.2) is 96.7 Å². The zero-order valence-electron chi connectivity index (χ0n) is 63.0. The van der Waals surface area contributed by atoms with Crippen molar-refractivity contribution in [2.24, 2.45) is 23.7 Å². The van der Waals surface area contributed by atoms with Gasteiger partial charge in [0.05, 0.1) is 26.4 Å². The minimum Gasteiger partial charge on any atom is -0.462 e. The highest BCUT2D eigenvalue weighted by molar-refractivity contribution is 7.47. The second kappa shape index (κ2) is 66.3. The highest BCUT2D eigenvalue weighted by Gasteiger charge is 2.30. The number of phosphoric acid groups is 2. The van der Waals surface area contributed by atoms with Gasteiger partial charge in [0.1, 0.15) is 19.3 Å². The molecule has 0 aliphatic rings. The number of ether oxygens (including phenoxy) is 4. The van der Waals surface area contributed by atoms with Gasteiger partial charge in [0, 0.05) is 25.7 Å². The summed E-state index contributed by atoms with van der Waals surface area (Å²) in [6.07, 6.45) is 51.4. The van der Waals surface area contributed by atoms with Gasteiger partial charge in [-0.3, -0.25) is 37.3 Å². The molecule has 0 radical (unpaired) electrons. The number of carbonyl (C=O) groups is 4. The highest BCUT2D eigenvalue weighted by Crippen LogP contribution is 2.45. The van der Waals surface area contributed by atoms with Gasteiger partial charge in [0.15, 0.2) is 12.2 Å². The van der Waals surface area contributed by atoms with Gasteiger partial charge < -0.3 is 33.8 Å². The van der Waals surface area contributed by atoms with Crippen LogP contribution in [0.25, 0.3) is 0 Å². The first-order valence-electron chi connectivity index (χ1n) is 39.7. The predicted octanol–water partition coefficient (Wildman–Crippen LogP) is 22.4. The molecule has 0 aromatic heterocycles. The van der Waals surface area contributed by atoms with Crippen molar-refractivity contribution < 1.29 is 80.2 Å². The summed E-state index contributed by atoms with van der Waals surface area (Å²) < 4.78 is 68.5. The molecule has 19 heteroatoms. The Bertz CT molecular complexity index is 1890. The number of aliphatic hydroxyl groups excluding tert-OH is 1. The number of carbonyl (C=O) groups excluding carboxylic acids is 4. The third-order valence-electron chi connectivity index (χ3n) is 18.2. The van der Waals surface area contributed by atoms with Gasteiger partial charge in [-0.25, -0.2) is 9.13 Å². The molecule has 0 fully saturated rings. The van der Waals surface area contributed by atoms with Crippen LogP contribution in [-0.2, 0) is 65.4 Å². The molecule has 0 rings (SSSR count). The fraction of sp³-hybridized carbons (Fsp3) is 0.948. The first-order valence-corrected chi connectivity index (χ1v) is 42.7. The van der Waals surface area contributed by atoms with Crippen LogP contribution < -0.4 is 0 Å². The summed E-state index contributed by atoms with van der Waals surface area (Å²) in [5, 5.41) is 10.6. The number of hydrogen-bond donors (Lipinski definition) is 3. The number of hydrogen-bond acceptors (Lipinski definition) is 15. The highest BCUT2D eigenvalue weighted by atomic mass is 31.2. The monoisotopic (exact) mass is 1410 g/mol. The summed E-state index contributed by atoms with van der Waals surface area (Å²) in [5.41, 5.74) is 0. The van der Waals surface area contributed by atoms with Gasteiger partial charge in [-0.15, -0.1) is 0 Å². The summed E-state index contributed by atoms with van der Waals surface area (Å²) in [7, 11) is -9.91. The Kier molecular flexibility index (Phi) is 65.0. The Balaban J connectivity index is 5.20. The number of unbranched alkanes of at least 4 members (excludes halogenated alkanes) is 39. The van der Waals surface area contributed by atoms with Crippen molar-refractivity contribution in [3.63, 3.8) is 0 Å². The summed E-state index contributed by atoms with van der Waals surface area (Å²) in [6, 6.07) is 0. The maximum absolute atomic E-state index is 13.1. The summed E-state index contributed by atoms with van der Waals surface area (Å²) in [6.45, 7) is 14.2. The molecule has 0 aliphatic heterocycles. The van der Waals surface area contributed by atoms with E-state index in [9.17, 15) is 43.2 Å². The van der Waals surface area contributed by atoms with Crippen LogP contribution in [0.15, 0.2) is 0 Å². The molecule has 0 aromatic rings. The molecule has 0 spiro atoms. The lowest BCUT2D eigenvalue weighted by molar-refractivity contribution is -0.161. The largest absolute Gasteiger partial charge is 0.472 e. The average molecular weight is 1410 g/mol. The van der Waals surface area contributed by atoms with Crippen LogP contribution in [0, 0.1) is 23.7 Å². The molecule has 3 N–H and O–H groups in total. The maximum atomic E-state index is 13.1. The number of esters is 4. The van der Waals surface area contributed by atoms with Gasteiger partial charge in [0.25, 0.3) is 0 Å². The predicted molar refractivity (Wildman–Crippen MR) is 391 cm³/mol. The first-order chi connectivity index (χ1) is 46.1. The normalized spacial score (nSPS) is 14.4. The molecular formula is C77H150O17P2. The van der Waals surface area contributed by atoms with Crippen molar-refractivity contribution in [1.82, 2.24) is 0 Å². The molecular weight excluding hydrogens is 1260 g/mol. The van der Waals surface area contributed by atoms with Crippen molar-refractivity contribution in [2.45, 2.75) is 408 Å². The fourth-order valence-corrected chi connectivity index (χ4v) is 13.3. The first kappa shape index (κ1) is 94.1. The van der Waals surface area contributed by atoms with Crippen LogP contribution in [0.4, 0.5) is 0 Å². The SMILES string of the molecule is CCC(C)CCCCCCCCCCCCCCCCC(=O)O[C@H](COC(=O)CCCCCCCCCC(C)C)COP(=O)(O)OCC(O)COP(=O)(O)OC[C@@H](COC(=O)CCCCCCCCCCCCCCCCC(C)C)OC(=O)CCCCCCCCCCC(C)C.